The Morgan fingerprint density at radius 1 is 1.58 bits per heavy atom. The lowest BCUT2D eigenvalue weighted by Gasteiger charge is -2.18. The van der Waals surface area contributed by atoms with Crippen LogP contribution in [0.3, 0.4) is 0 Å². The number of benzene rings is 1. The van der Waals surface area contributed by atoms with Crippen LogP contribution in [0.15, 0.2) is 35.3 Å². The molecule has 1 amide bonds. The minimum Gasteiger partial charge on any atom is -0.481 e. The van der Waals surface area contributed by atoms with Crippen molar-refractivity contribution in [3.05, 3.63) is 40.9 Å². The maximum Gasteiger partial charge on any atom is 0.261 e. The summed E-state index contributed by atoms with van der Waals surface area (Å²) in [4.78, 5) is 11.7. The fourth-order valence-corrected chi connectivity index (χ4v) is 1.89. The molecule has 1 rings (SSSR count). The molecule has 0 saturated heterocycles. The van der Waals surface area contributed by atoms with Crippen molar-refractivity contribution in [3.63, 3.8) is 0 Å². The highest BCUT2D eigenvalue weighted by Crippen LogP contribution is 2.28. The standard InChI is InChI=1S/C14H19BrN2O2/c1-4-7-17-14(18)10(3)19-13-8-11(15)5-6-12(13)9(2)16/h4-6,8-10H,1,7,16H2,2-3H3,(H,17,18). The van der Waals surface area contributed by atoms with E-state index >= 15 is 0 Å². The fraction of sp³-hybridized carbons (Fsp3) is 0.357. The SMILES string of the molecule is C=CCNC(=O)C(C)Oc1cc(Br)ccc1C(C)N. The van der Waals surface area contributed by atoms with Crippen molar-refractivity contribution >= 4 is 21.8 Å². The number of hydrogen-bond acceptors (Lipinski definition) is 3. The Labute approximate surface area is 122 Å². The van der Waals surface area contributed by atoms with Gasteiger partial charge in [0.2, 0.25) is 0 Å². The first-order valence-electron chi connectivity index (χ1n) is 6.06. The fourth-order valence-electron chi connectivity index (χ4n) is 1.55. The summed E-state index contributed by atoms with van der Waals surface area (Å²) in [5.41, 5.74) is 6.75. The van der Waals surface area contributed by atoms with E-state index in [-0.39, 0.29) is 11.9 Å². The van der Waals surface area contributed by atoms with Gasteiger partial charge in [-0.15, -0.1) is 6.58 Å². The van der Waals surface area contributed by atoms with Crippen LogP contribution in [0.1, 0.15) is 25.5 Å². The van der Waals surface area contributed by atoms with Gasteiger partial charge in [-0.2, -0.15) is 0 Å². The van der Waals surface area contributed by atoms with Gasteiger partial charge in [-0.1, -0.05) is 28.1 Å². The number of nitrogens with one attached hydrogen (secondary N) is 1. The topological polar surface area (TPSA) is 64.3 Å². The molecule has 0 aliphatic heterocycles. The minimum atomic E-state index is -0.591. The summed E-state index contributed by atoms with van der Waals surface area (Å²) < 4.78 is 6.57. The van der Waals surface area contributed by atoms with Gasteiger partial charge in [0.05, 0.1) is 0 Å². The van der Waals surface area contributed by atoms with E-state index in [9.17, 15) is 4.79 Å². The van der Waals surface area contributed by atoms with Gasteiger partial charge in [0.1, 0.15) is 5.75 Å². The number of ether oxygens (including phenoxy) is 1. The lowest BCUT2D eigenvalue weighted by Crippen LogP contribution is -2.36. The molecular weight excluding hydrogens is 308 g/mol. The van der Waals surface area contributed by atoms with Crippen molar-refractivity contribution in [1.29, 1.82) is 0 Å². The van der Waals surface area contributed by atoms with Gasteiger partial charge in [-0.05, 0) is 26.0 Å². The molecule has 0 aromatic heterocycles. The summed E-state index contributed by atoms with van der Waals surface area (Å²) >= 11 is 3.38. The maximum absolute atomic E-state index is 11.7. The van der Waals surface area contributed by atoms with Gasteiger partial charge >= 0.3 is 0 Å². The number of rotatable bonds is 6. The molecule has 104 valence electrons. The Morgan fingerprint density at radius 2 is 2.26 bits per heavy atom. The molecule has 4 nitrogen and oxygen atoms in total. The van der Waals surface area contributed by atoms with E-state index in [2.05, 4.69) is 27.8 Å². The number of halogens is 1. The van der Waals surface area contributed by atoms with Crippen molar-refractivity contribution < 1.29 is 9.53 Å². The van der Waals surface area contributed by atoms with Crippen LogP contribution in [-0.2, 0) is 4.79 Å². The third-order valence-corrected chi connectivity index (χ3v) is 3.05. The van der Waals surface area contributed by atoms with Crippen LogP contribution >= 0.6 is 15.9 Å². The first-order valence-corrected chi connectivity index (χ1v) is 6.85. The highest BCUT2D eigenvalue weighted by Gasteiger charge is 2.17. The molecule has 1 aromatic rings. The first-order chi connectivity index (χ1) is 8.95. The zero-order valence-corrected chi connectivity index (χ0v) is 12.7. The van der Waals surface area contributed by atoms with Gasteiger partial charge in [-0.3, -0.25) is 4.79 Å². The average Bonchev–Trinajstić information content (AvgIpc) is 2.35. The monoisotopic (exact) mass is 326 g/mol. The van der Waals surface area contributed by atoms with Crippen LogP contribution in [0.4, 0.5) is 0 Å². The predicted octanol–water partition coefficient (Wildman–Crippen LogP) is 2.54. The summed E-state index contributed by atoms with van der Waals surface area (Å²) in [6.45, 7) is 7.54. The highest BCUT2D eigenvalue weighted by atomic mass is 79.9. The van der Waals surface area contributed by atoms with E-state index < -0.39 is 6.10 Å². The summed E-state index contributed by atoms with van der Waals surface area (Å²) in [5, 5.41) is 2.69. The number of amides is 1. The molecule has 2 unspecified atom stereocenters. The van der Waals surface area contributed by atoms with Gasteiger partial charge in [-0.25, -0.2) is 0 Å². The molecule has 19 heavy (non-hydrogen) atoms. The van der Waals surface area contributed by atoms with E-state index in [1.807, 2.05) is 25.1 Å². The van der Waals surface area contributed by atoms with Crippen molar-refractivity contribution in [3.8, 4) is 5.75 Å². The van der Waals surface area contributed by atoms with E-state index in [1.54, 1.807) is 13.0 Å². The summed E-state index contributed by atoms with van der Waals surface area (Å²) in [6, 6.07) is 5.44. The van der Waals surface area contributed by atoms with E-state index in [1.165, 1.54) is 0 Å². The van der Waals surface area contributed by atoms with Gasteiger partial charge in [0.25, 0.3) is 5.91 Å². The first kappa shape index (κ1) is 15.7. The minimum absolute atomic E-state index is 0.161. The second-order valence-electron chi connectivity index (χ2n) is 4.26. The van der Waals surface area contributed by atoms with Crippen LogP contribution < -0.4 is 15.8 Å². The van der Waals surface area contributed by atoms with E-state index in [0.29, 0.717) is 12.3 Å². The van der Waals surface area contributed by atoms with Crippen molar-refractivity contribution in [2.75, 3.05) is 6.54 Å². The third-order valence-electron chi connectivity index (χ3n) is 2.56. The number of carbonyl (C=O) groups excluding carboxylic acids is 1. The zero-order valence-electron chi connectivity index (χ0n) is 11.2. The van der Waals surface area contributed by atoms with E-state index in [4.69, 9.17) is 10.5 Å². The average molecular weight is 327 g/mol. The molecule has 0 heterocycles. The summed E-state index contributed by atoms with van der Waals surface area (Å²) in [7, 11) is 0. The molecule has 3 N–H and O–H groups in total. The zero-order chi connectivity index (χ0) is 14.4. The largest absolute Gasteiger partial charge is 0.481 e. The Hall–Kier alpha value is -1.33. The van der Waals surface area contributed by atoms with Crippen LogP contribution in [0, 0.1) is 0 Å². The van der Waals surface area contributed by atoms with E-state index in [0.717, 1.165) is 10.0 Å². The quantitative estimate of drug-likeness (QED) is 0.789. The molecule has 2 atom stereocenters. The molecular formula is C14H19BrN2O2. The number of carbonyl (C=O) groups is 1. The summed E-state index contributed by atoms with van der Waals surface area (Å²) in [6.07, 6.45) is 1.03. The maximum atomic E-state index is 11.7. The molecule has 0 aliphatic carbocycles. The van der Waals surface area contributed by atoms with Crippen molar-refractivity contribution in [2.24, 2.45) is 5.73 Å². The van der Waals surface area contributed by atoms with Crippen molar-refractivity contribution in [2.45, 2.75) is 26.0 Å². The molecule has 0 bridgehead atoms. The van der Waals surface area contributed by atoms with Crippen LogP contribution in [-0.4, -0.2) is 18.6 Å². The second-order valence-corrected chi connectivity index (χ2v) is 5.18. The second kappa shape index (κ2) is 7.31. The lowest BCUT2D eigenvalue weighted by molar-refractivity contribution is -0.127. The van der Waals surface area contributed by atoms with Gasteiger partial charge < -0.3 is 15.8 Å². The number of nitrogens with two attached hydrogens (primary N) is 1. The van der Waals surface area contributed by atoms with Crippen LogP contribution in [0.5, 0.6) is 5.75 Å². The number of hydrogen-bond donors (Lipinski definition) is 2. The van der Waals surface area contributed by atoms with Crippen LogP contribution in [0.25, 0.3) is 0 Å². The summed E-state index contributed by atoms with van der Waals surface area (Å²) in [5.74, 6) is 0.432. The normalized spacial score (nSPS) is 13.5. The Balaban J connectivity index is 2.83. The third kappa shape index (κ3) is 4.69. The Kier molecular flexibility index (Phi) is 6.05. The molecule has 0 saturated carbocycles. The Bertz CT molecular complexity index is 461. The van der Waals surface area contributed by atoms with Crippen LogP contribution in [0.2, 0.25) is 0 Å². The molecule has 1 aromatic carbocycles. The Morgan fingerprint density at radius 3 is 2.84 bits per heavy atom. The molecule has 0 spiro atoms. The predicted molar refractivity (Wildman–Crippen MR) is 80.0 cm³/mol. The molecule has 0 radical (unpaired) electrons. The molecule has 0 aliphatic rings. The van der Waals surface area contributed by atoms with Gasteiger partial charge in [0, 0.05) is 22.6 Å². The smallest absolute Gasteiger partial charge is 0.261 e. The molecule has 5 heteroatoms. The molecule has 0 fully saturated rings. The highest BCUT2D eigenvalue weighted by molar-refractivity contribution is 9.10. The van der Waals surface area contributed by atoms with Gasteiger partial charge in [0.15, 0.2) is 6.10 Å². The lowest BCUT2D eigenvalue weighted by atomic mass is 10.1. The van der Waals surface area contributed by atoms with Crippen molar-refractivity contribution in [1.82, 2.24) is 5.32 Å².